The fourth-order valence-electron chi connectivity index (χ4n) is 2.47. The van der Waals surface area contributed by atoms with E-state index in [1.807, 2.05) is 0 Å². The SMILES string of the molecule is Ic1ccc(-c2cn3ccc4ccccc4c3n2)cc1. The first-order valence-corrected chi connectivity index (χ1v) is 7.51. The van der Waals surface area contributed by atoms with Crippen LogP contribution >= 0.6 is 22.6 Å². The van der Waals surface area contributed by atoms with Crippen molar-refractivity contribution in [2.45, 2.75) is 0 Å². The van der Waals surface area contributed by atoms with Gasteiger partial charge in [-0.25, -0.2) is 4.98 Å². The normalized spacial score (nSPS) is 11.2. The summed E-state index contributed by atoms with van der Waals surface area (Å²) >= 11 is 2.32. The highest BCUT2D eigenvalue weighted by molar-refractivity contribution is 14.1. The second-order valence-corrected chi connectivity index (χ2v) is 6.01. The third-order valence-electron chi connectivity index (χ3n) is 3.49. The summed E-state index contributed by atoms with van der Waals surface area (Å²) < 4.78 is 3.33. The molecule has 4 rings (SSSR count). The van der Waals surface area contributed by atoms with Gasteiger partial charge in [0.15, 0.2) is 0 Å². The van der Waals surface area contributed by atoms with Crippen molar-refractivity contribution in [3.8, 4) is 11.3 Å². The Hall–Kier alpha value is -1.88. The molecule has 0 atom stereocenters. The number of rotatable bonds is 1. The van der Waals surface area contributed by atoms with Crippen LogP contribution in [0.5, 0.6) is 0 Å². The number of halogens is 1. The van der Waals surface area contributed by atoms with E-state index < -0.39 is 0 Å². The summed E-state index contributed by atoms with van der Waals surface area (Å²) in [7, 11) is 0. The van der Waals surface area contributed by atoms with Gasteiger partial charge < -0.3 is 4.40 Å². The second kappa shape index (κ2) is 4.59. The van der Waals surface area contributed by atoms with Gasteiger partial charge >= 0.3 is 0 Å². The van der Waals surface area contributed by atoms with Gasteiger partial charge in [-0.3, -0.25) is 0 Å². The Morgan fingerprint density at radius 3 is 2.55 bits per heavy atom. The van der Waals surface area contributed by atoms with E-state index in [2.05, 4.69) is 94.0 Å². The first-order chi connectivity index (χ1) is 9.81. The molecule has 0 saturated heterocycles. The average molecular weight is 370 g/mol. The van der Waals surface area contributed by atoms with Crippen LogP contribution in [0.4, 0.5) is 0 Å². The maximum Gasteiger partial charge on any atom is 0.145 e. The van der Waals surface area contributed by atoms with Gasteiger partial charge in [0.05, 0.1) is 5.69 Å². The Morgan fingerprint density at radius 1 is 0.900 bits per heavy atom. The summed E-state index contributed by atoms with van der Waals surface area (Å²) in [5.74, 6) is 0. The van der Waals surface area contributed by atoms with Crippen molar-refractivity contribution in [3.05, 3.63) is 70.6 Å². The van der Waals surface area contributed by atoms with Gasteiger partial charge in [-0.15, -0.1) is 0 Å². The van der Waals surface area contributed by atoms with E-state index in [4.69, 9.17) is 4.98 Å². The Bertz CT molecular complexity index is 907. The zero-order valence-electron chi connectivity index (χ0n) is 10.6. The Kier molecular flexibility index (Phi) is 2.73. The molecular weight excluding hydrogens is 359 g/mol. The average Bonchev–Trinajstić information content (AvgIpc) is 2.92. The van der Waals surface area contributed by atoms with Gasteiger partial charge in [0.1, 0.15) is 5.65 Å². The summed E-state index contributed by atoms with van der Waals surface area (Å²) in [6, 6.07) is 18.9. The highest BCUT2D eigenvalue weighted by Crippen LogP contribution is 2.24. The number of hydrogen-bond acceptors (Lipinski definition) is 1. The molecule has 2 aromatic carbocycles. The van der Waals surface area contributed by atoms with Crippen LogP contribution in [0.15, 0.2) is 67.0 Å². The highest BCUT2D eigenvalue weighted by atomic mass is 127. The van der Waals surface area contributed by atoms with E-state index in [0.29, 0.717) is 0 Å². The van der Waals surface area contributed by atoms with Crippen molar-refractivity contribution in [1.29, 1.82) is 0 Å². The zero-order valence-corrected chi connectivity index (χ0v) is 12.8. The molecule has 0 aliphatic heterocycles. The topological polar surface area (TPSA) is 17.3 Å². The number of fused-ring (bicyclic) bond motifs is 3. The fraction of sp³-hybridized carbons (Fsp3) is 0. The lowest BCUT2D eigenvalue weighted by molar-refractivity contribution is 1.20. The molecule has 96 valence electrons. The van der Waals surface area contributed by atoms with Crippen LogP contribution in [0.25, 0.3) is 27.7 Å². The molecule has 2 aromatic heterocycles. The van der Waals surface area contributed by atoms with E-state index >= 15 is 0 Å². The molecule has 0 spiro atoms. The van der Waals surface area contributed by atoms with Crippen LogP contribution in [0.2, 0.25) is 0 Å². The van der Waals surface area contributed by atoms with Gasteiger partial charge in [-0.1, -0.05) is 36.4 Å². The van der Waals surface area contributed by atoms with E-state index in [9.17, 15) is 0 Å². The Labute approximate surface area is 130 Å². The lowest BCUT2D eigenvalue weighted by atomic mass is 10.2. The molecule has 0 radical (unpaired) electrons. The van der Waals surface area contributed by atoms with Crippen LogP contribution in [-0.2, 0) is 0 Å². The molecule has 0 unspecified atom stereocenters. The molecular formula is C17H11IN2. The van der Waals surface area contributed by atoms with Crippen molar-refractivity contribution in [2.75, 3.05) is 0 Å². The lowest BCUT2D eigenvalue weighted by Gasteiger charge is -1.98. The third-order valence-corrected chi connectivity index (χ3v) is 4.21. The largest absolute Gasteiger partial charge is 0.306 e. The molecule has 0 aliphatic carbocycles. The third kappa shape index (κ3) is 1.89. The van der Waals surface area contributed by atoms with Crippen LogP contribution in [-0.4, -0.2) is 9.38 Å². The van der Waals surface area contributed by atoms with E-state index in [1.54, 1.807) is 0 Å². The van der Waals surface area contributed by atoms with Crippen LogP contribution in [0.1, 0.15) is 0 Å². The molecule has 4 aromatic rings. The minimum Gasteiger partial charge on any atom is -0.306 e. The minimum absolute atomic E-state index is 1.01. The molecule has 0 saturated carbocycles. The predicted molar refractivity (Wildman–Crippen MR) is 90.9 cm³/mol. The van der Waals surface area contributed by atoms with Gasteiger partial charge in [0, 0.05) is 26.9 Å². The van der Waals surface area contributed by atoms with E-state index in [1.165, 1.54) is 14.3 Å². The molecule has 20 heavy (non-hydrogen) atoms. The number of benzene rings is 2. The molecule has 0 bridgehead atoms. The molecule has 0 amide bonds. The number of pyridine rings is 1. The van der Waals surface area contributed by atoms with Crippen LogP contribution in [0, 0.1) is 3.57 Å². The van der Waals surface area contributed by atoms with E-state index in [0.717, 1.165) is 16.9 Å². The molecule has 0 N–H and O–H groups in total. The fourth-order valence-corrected chi connectivity index (χ4v) is 2.83. The Morgan fingerprint density at radius 2 is 1.70 bits per heavy atom. The quantitative estimate of drug-likeness (QED) is 0.442. The molecule has 3 heteroatoms. The standard InChI is InChI=1S/C17H11IN2/c18-14-7-5-13(6-8-14)16-11-20-10-9-12-3-1-2-4-15(12)17(20)19-16/h1-11H. The molecule has 2 heterocycles. The summed E-state index contributed by atoms with van der Waals surface area (Å²) in [6.07, 6.45) is 4.16. The highest BCUT2D eigenvalue weighted by Gasteiger charge is 2.07. The first kappa shape index (κ1) is 11.9. The van der Waals surface area contributed by atoms with Crippen LogP contribution in [0.3, 0.4) is 0 Å². The number of aromatic nitrogens is 2. The minimum atomic E-state index is 1.01. The number of nitrogens with zero attached hydrogens (tertiary/aromatic N) is 2. The predicted octanol–water partition coefficient (Wildman–Crippen LogP) is 4.76. The maximum absolute atomic E-state index is 4.80. The van der Waals surface area contributed by atoms with Crippen molar-refractivity contribution in [2.24, 2.45) is 0 Å². The maximum atomic E-state index is 4.80. The summed E-state index contributed by atoms with van der Waals surface area (Å²) in [6.45, 7) is 0. The zero-order chi connectivity index (χ0) is 13.5. The van der Waals surface area contributed by atoms with Crippen molar-refractivity contribution in [3.63, 3.8) is 0 Å². The van der Waals surface area contributed by atoms with Gasteiger partial charge in [-0.2, -0.15) is 0 Å². The number of imidazole rings is 1. The van der Waals surface area contributed by atoms with Gasteiger partial charge in [-0.05, 0) is 46.2 Å². The van der Waals surface area contributed by atoms with Crippen molar-refractivity contribution in [1.82, 2.24) is 9.38 Å². The van der Waals surface area contributed by atoms with Crippen molar-refractivity contribution < 1.29 is 0 Å². The lowest BCUT2D eigenvalue weighted by Crippen LogP contribution is -1.83. The van der Waals surface area contributed by atoms with Crippen LogP contribution < -0.4 is 0 Å². The first-order valence-electron chi connectivity index (χ1n) is 6.44. The van der Waals surface area contributed by atoms with Crippen molar-refractivity contribution >= 4 is 39.0 Å². The summed E-state index contributed by atoms with van der Waals surface area (Å²) in [5.41, 5.74) is 3.17. The Balaban J connectivity index is 1.98. The number of hydrogen-bond donors (Lipinski definition) is 0. The second-order valence-electron chi connectivity index (χ2n) is 4.77. The molecule has 0 aliphatic rings. The van der Waals surface area contributed by atoms with Gasteiger partial charge in [0.25, 0.3) is 0 Å². The molecule has 0 fully saturated rings. The monoisotopic (exact) mass is 370 g/mol. The van der Waals surface area contributed by atoms with E-state index in [-0.39, 0.29) is 0 Å². The van der Waals surface area contributed by atoms with Gasteiger partial charge in [0.2, 0.25) is 0 Å². The summed E-state index contributed by atoms with van der Waals surface area (Å²) in [4.78, 5) is 4.80. The summed E-state index contributed by atoms with van der Waals surface area (Å²) in [5, 5.41) is 2.41. The smallest absolute Gasteiger partial charge is 0.145 e. The molecule has 2 nitrogen and oxygen atoms in total.